The molecule has 3 N–H and O–H groups in total. The Kier molecular flexibility index (Phi) is 7.94. The number of nitrogens with one attached hydrogen (secondary N) is 3. The Hall–Kier alpha value is -3.08. The number of morpholine rings is 1. The number of imide groups is 1. The van der Waals surface area contributed by atoms with Crippen LogP contribution >= 0.6 is 11.8 Å². The quantitative estimate of drug-likeness (QED) is 0.359. The fraction of sp³-hybridized carbons (Fsp3) is 0.400. The Morgan fingerprint density at radius 1 is 1.17 bits per heavy atom. The van der Waals surface area contributed by atoms with Crippen LogP contribution in [0.3, 0.4) is 0 Å². The first-order chi connectivity index (χ1) is 16.9. The largest absolute Gasteiger partial charge is 0.497 e. The summed E-state index contributed by atoms with van der Waals surface area (Å²) in [6.07, 6.45) is 0. The van der Waals surface area contributed by atoms with Crippen LogP contribution in [0.4, 0.5) is 4.79 Å². The molecular formula is C25H30N4O5S. The predicted octanol–water partition coefficient (Wildman–Crippen LogP) is 2.19. The second-order valence-corrected chi connectivity index (χ2v) is 9.69. The number of carbonyl (C=O) groups excluding carboxylic acids is 3. The van der Waals surface area contributed by atoms with Crippen molar-refractivity contribution in [2.75, 3.05) is 45.7 Å². The van der Waals surface area contributed by atoms with Gasteiger partial charge in [0.15, 0.2) is 0 Å². The Balaban J connectivity index is 1.45. The fourth-order valence-electron chi connectivity index (χ4n) is 4.14. The van der Waals surface area contributed by atoms with Crippen LogP contribution in [0.1, 0.15) is 28.9 Å². The van der Waals surface area contributed by atoms with E-state index in [1.807, 2.05) is 42.5 Å². The van der Waals surface area contributed by atoms with Crippen LogP contribution in [-0.4, -0.2) is 74.0 Å². The van der Waals surface area contributed by atoms with E-state index in [1.165, 1.54) is 11.8 Å². The van der Waals surface area contributed by atoms with Crippen molar-refractivity contribution in [3.05, 3.63) is 59.7 Å². The molecule has 0 spiro atoms. The lowest BCUT2D eigenvalue weighted by Gasteiger charge is -2.35. The molecule has 2 atom stereocenters. The summed E-state index contributed by atoms with van der Waals surface area (Å²) in [5.41, 5.74) is 0.592. The molecule has 35 heavy (non-hydrogen) atoms. The number of methoxy groups -OCH3 is 1. The van der Waals surface area contributed by atoms with Crippen molar-refractivity contribution in [3.63, 3.8) is 0 Å². The number of benzene rings is 2. The predicted molar refractivity (Wildman–Crippen MR) is 133 cm³/mol. The van der Waals surface area contributed by atoms with Crippen molar-refractivity contribution in [3.8, 4) is 5.75 Å². The lowest BCUT2D eigenvalue weighted by Crippen LogP contribution is -2.46. The van der Waals surface area contributed by atoms with Crippen molar-refractivity contribution in [2.45, 2.75) is 23.4 Å². The number of urea groups is 1. The normalized spacial score (nSPS) is 21.2. The van der Waals surface area contributed by atoms with Gasteiger partial charge in [-0.2, -0.15) is 0 Å². The molecule has 10 heteroatoms. The molecular weight excluding hydrogens is 468 g/mol. The van der Waals surface area contributed by atoms with Crippen LogP contribution in [0.5, 0.6) is 5.75 Å². The van der Waals surface area contributed by atoms with Gasteiger partial charge in [-0.05, 0) is 36.8 Å². The van der Waals surface area contributed by atoms with Crippen LogP contribution in [0, 0.1) is 0 Å². The maximum atomic E-state index is 13.2. The van der Waals surface area contributed by atoms with E-state index in [0.717, 1.165) is 29.3 Å². The van der Waals surface area contributed by atoms with Gasteiger partial charge in [0.25, 0.3) is 11.8 Å². The van der Waals surface area contributed by atoms with Crippen LogP contribution in [0.2, 0.25) is 0 Å². The number of hydrogen-bond donors (Lipinski definition) is 3. The zero-order chi connectivity index (χ0) is 24.8. The minimum absolute atomic E-state index is 0.00937. The first kappa shape index (κ1) is 25.0. The third-order valence-corrected chi connectivity index (χ3v) is 7.60. The maximum Gasteiger partial charge on any atom is 0.322 e. The van der Waals surface area contributed by atoms with Crippen LogP contribution in [0.25, 0.3) is 0 Å². The van der Waals surface area contributed by atoms with Gasteiger partial charge in [0.05, 0.1) is 31.9 Å². The molecule has 2 aliphatic rings. The average molecular weight is 499 g/mol. The lowest BCUT2D eigenvalue weighted by molar-refractivity contribution is -0.122. The van der Waals surface area contributed by atoms with Crippen LogP contribution < -0.4 is 20.7 Å². The lowest BCUT2D eigenvalue weighted by atomic mass is 10.0. The zero-order valence-corrected chi connectivity index (χ0v) is 20.7. The molecule has 2 fully saturated rings. The topological polar surface area (TPSA) is 109 Å². The van der Waals surface area contributed by atoms with E-state index < -0.39 is 11.6 Å². The van der Waals surface area contributed by atoms with Gasteiger partial charge in [0, 0.05) is 30.3 Å². The van der Waals surface area contributed by atoms with Crippen molar-refractivity contribution in [1.82, 2.24) is 20.9 Å². The molecule has 0 saturated carbocycles. The third kappa shape index (κ3) is 5.95. The van der Waals surface area contributed by atoms with Crippen molar-refractivity contribution in [2.24, 2.45) is 0 Å². The molecule has 2 heterocycles. The molecule has 2 aromatic rings. The molecule has 0 bridgehead atoms. The van der Waals surface area contributed by atoms with E-state index in [-0.39, 0.29) is 17.9 Å². The fourth-order valence-corrected chi connectivity index (χ4v) is 5.28. The number of rotatable bonds is 9. The third-order valence-electron chi connectivity index (χ3n) is 6.21. The first-order valence-electron chi connectivity index (χ1n) is 11.5. The van der Waals surface area contributed by atoms with Gasteiger partial charge in [0.2, 0.25) is 0 Å². The molecule has 2 aliphatic heterocycles. The van der Waals surface area contributed by atoms with E-state index in [9.17, 15) is 14.4 Å². The van der Waals surface area contributed by atoms with E-state index in [1.54, 1.807) is 20.1 Å². The summed E-state index contributed by atoms with van der Waals surface area (Å²) in [5.74, 6) is 0.525. The molecule has 0 radical (unpaired) electrons. The zero-order valence-electron chi connectivity index (χ0n) is 19.8. The summed E-state index contributed by atoms with van der Waals surface area (Å²) in [6.45, 7) is 4.98. The van der Waals surface area contributed by atoms with Crippen molar-refractivity contribution >= 4 is 29.6 Å². The SMILES string of the molecule is COc1ccc([C@H](CNC(=O)c2ccccc2SC[C@]2(C)NC(=O)NC2=O)N2CCOCC2)cc1. The number of nitrogens with zero attached hydrogens (tertiary/aromatic N) is 1. The number of hydrogen-bond acceptors (Lipinski definition) is 7. The highest BCUT2D eigenvalue weighted by Gasteiger charge is 2.42. The summed E-state index contributed by atoms with van der Waals surface area (Å²) in [6, 6.07) is 14.7. The summed E-state index contributed by atoms with van der Waals surface area (Å²) in [5, 5.41) is 8.02. The van der Waals surface area contributed by atoms with Crippen LogP contribution in [-0.2, 0) is 9.53 Å². The number of thioether (sulfide) groups is 1. The standard InChI is InChI=1S/C25H30N4O5S/c1-25(23(31)27-24(32)28-25)16-35-21-6-4-3-5-19(21)22(30)26-15-20(29-11-13-34-14-12-29)17-7-9-18(33-2)10-8-17/h3-10,20H,11-16H2,1-2H3,(H,26,30)(H2,27,28,31,32)/t20-,25-/m0/s1. The van der Waals surface area contributed by atoms with E-state index in [2.05, 4.69) is 20.9 Å². The molecule has 0 unspecified atom stereocenters. The van der Waals surface area contributed by atoms with E-state index in [4.69, 9.17) is 9.47 Å². The van der Waals surface area contributed by atoms with Gasteiger partial charge in [-0.1, -0.05) is 24.3 Å². The second-order valence-electron chi connectivity index (χ2n) is 8.67. The van der Waals surface area contributed by atoms with Gasteiger partial charge >= 0.3 is 6.03 Å². The Bertz CT molecular complexity index is 1070. The average Bonchev–Trinajstić information content (AvgIpc) is 3.15. The second kappa shape index (κ2) is 11.1. The first-order valence-corrected chi connectivity index (χ1v) is 12.5. The minimum Gasteiger partial charge on any atom is -0.497 e. The minimum atomic E-state index is -1.03. The number of ether oxygens (including phenoxy) is 2. The van der Waals surface area contributed by atoms with E-state index in [0.29, 0.717) is 31.1 Å². The van der Waals surface area contributed by atoms with E-state index >= 15 is 0 Å². The number of amides is 4. The highest BCUT2D eigenvalue weighted by molar-refractivity contribution is 7.99. The molecule has 9 nitrogen and oxygen atoms in total. The summed E-state index contributed by atoms with van der Waals surface area (Å²) in [7, 11) is 1.64. The van der Waals surface area contributed by atoms with Crippen LogP contribution in [0.15, 0.2) is 53.4 Å². The monoisotopic (exact) mass is 498 g/mol. The summed E-state index contributed by atoms with van der Waals surface area (Å²) < 4.78 is 10.8. The Labute approximate surface area is 208 Å². The smallest absolute Gasteiger partial charge is 0.322 e. The van der Waals surface area contributed by atoms with Crippen molar-refractivity contribution in [1.29, 1.82) is 0 Å². The summed E-state index contributed by atoms with van der Waals surface area (Å²) in [4.78, 5) is 40.0. The van der Waals surface area contributed by atoms with Gasteiger partial charge in [-0.3, -0.25) is 19.8 Å². The molecule has 2 aromatic carbocycles. The molecule has 4 rings (SSSR count). The molecule has 2 saturated heterocycles. The Morgan fingerprint density at radius 2 is 1.89 bits per heavy atom. The van der Waals surface area contributed by atoms with Gasteiger partial charge in [-0.15, -0.1) is 11.8 Å². The van der Waals surface area contributed by atoms with Crippen molar-refractivity contribution < 1.29 is 23.9 Å². The molecule has 0 aliphatic carbocycles. The highest BCUT2D eigenvalue weighted by Crippen LogP contribution is 2.28. The van der Waals surface area contributed by atoms with Gasteiger partial charge < -0.3 is 20.1 Å². The molecule has 4 amide bonds. The number of carbonyl (C=O) groups is 3. The molecule has 186 valence electrons. The van der Waals surface area contributed by atoms with Gasteiger partial charge in [-0.25, -0.2) is 4.79 Å². The Morgan fingerprint density at radius 3 is 2.54 bits per heavy atom. The highest BCUT2D eigenvalue weighted by atomic mass is 32.2. The molecule has 0 aromatic heterocycles. The maximum absolute atomic E-state index is 13.2. The van der Waals surface area contributed by atoms with Gasteiger partial charge in [0.1, 0.15) is 11.3 Å². The summed E-state index contributed by atoms with van der Waals surface area (Å²) >= 11 is 1.36.